The predicted octanol–water partition coefficient (Wildman–Crippen LogP) is 4.52. The summed E-state index contributed by atoms with van der Waals surface area (Å²) in [6, 6.07) is 12.3. The number of nitrogens with one attached hydrogen (secondary N) is 1. The first-order valence-corrected chi connectivity index (χ1v) is 6.40. The first kappa shape index (κ1) is 12.9. The molecular formula is C15H17ClN2. The highest BCUT2D eigenvalue weighted by molar-refractivity contribution is 6.29. The third-order valence-corrected chi connectivity index (χ3v) is 3.18. The molecule has 1 atom stereocenters. The SMILES string of the molecule is Cc1ccc(C(C)Nc2cccc(Cl)n2)c(C)c1. The third-order valence-electron chi connectivity index (χ3n) is 2.97. The molecule has 0 saturated heterocycles. The van der Waals surface area contributed by atoms with Crippen molar-refractivity contribution in [2.75, 3.05) is 5.32 Å². The van der Waals surface area contributed by atoms with Crippen molar-refractivity contribution in [1.29, 1.82) is 0 Å². The molecule has 2 nitrogen and oxygen atoms in total. The van der Waals surface area contributed by atoms with Crippen LogP contribution in [0.3, 0.4) is 0 Å². The summed E-state index contributed by atoms with van der Waals surface area (Å²) in [6.45, 7) is 6.36. The van der Waals surface area contributed by atoms with Gasteiger partial charge in [0.1, 0.15) is 11.0 Å². The molecule has 0 aliphatic heterocycles. The van der Waals surface area contributed by atoms with Crippen LogP contribution < -0.4 is 5.32 Å². The van der Waals surface area contributed by atoms with Gasteiger partial charge in [-0.2, -0.15) is 0 Å². The van der Waals surface area contributed by atoms with Crippen LogP contribution in [0.2, 0.25) is 5.15 Å². The number of anilines is 1. The molecule has 0 aliphatic rings. The molecule has 94 valence electrons. The Morgan fingerprint density at radius 2 is 1.94 bits per heavy atom. The van der Waals surface area contributed by atoms with Gasteiger partial charge in [-0.05, 0) is 44.0 Å². The number of hydrogen-bond donors (Lipinski definition) is 1. The molecule has 0 fully saturated rings. The van der Waals surface area contributed by atoms with E-state index in [2.05, 4.69) is 49.3 Å². The van der Waals surface area contributed by atoms with E-state index in [1.165, 1.54) is 16.7 Å². The van der Waals surface area contributed by atoms with E-state index in [0.29, 0.717) is 5.15 Å². The molecule has 18 heavy (non-hydrogen) atoms. The minimum absolute atomic E-state index is 0.205. The molecule has 0 spiro atoms. The van der Waals surface area contributed by atoms with Gasteiger partial charge in [0.2, 0.25) is 0 Å². The Morgan fingerprint density at radius 3 is 2.61 bits per heavy atom. The lowest BCUT2D eigenvalue weighted by atomic mass is 10.0. The number of rotatable bonds is 3. The Kier molecular flexibility index (Phi) is 3.87. The minimum Gasteiger partial charge on any atom is -0.363 e. The summed E-state index contributed by atoms with van der Waals surface area (Å²) in [7, 11) is 0. The van der Waals surface area contributed by atoms with Crippen LogP contribution in [-0.4, -0.2) is 4.98 Å². The van der Waals surface area contributed by atoms with Gasteiger partial charge in [-0.3, -0.25) is 0 Å². The Bertz CT molecular complexity index is 552. The standard InChI is InChI=1S/C15H17ClN2/c1-10-7-8-13(11(2)9-10)12(3)17-15-6-4-5-14(16)18-15/h4-9,12H,1-3H3,(H,17,18). The van der Waals surface area contributed by atoms with E-state index in [9.17, 15) is 0 Å². The highest BCUT2D eigenvalue weighted by atomic mass is 35.5. The van der Waals surface area contributed by atoms with Crippen molar-refractivity contribution in [2.45, 2.75) is 26.8 Å². The number of benzene rings is 1. The zero-order valence-corrected chi connectivity index (χ0v) is 11.6. The molecule has 0 amide bonds. The summed E-state index contributed by atoms with van der Waals surface area (Å²) < 4.78 is 0. The molecule has 2 aromatic rings. The Hall–Kier alpha value is -1.54. The van der Waals surface area contributed by atoms with E-state index in [0.717, 1.165) is 5.82 Å². The third kappa shape index (κ3) is 3.02. The number of aromatic nitrogens is 1. The zero-order valence-electron chi connectivity index (χ0n) is 10.9. The Balaban J connectivity index is 2.19. The molecule has 1 N–H and O–H groups in total. The molecule has 1 heterocycles. The maximum atomic E-state index is 5.88. The number of hydrogen-bond acceptors (Lipinski definition) is 2. The second-order valence-electron chi connectivity index (χ2n) is 4.57. The van der Waals surface area contributed by atoms with Crippen molar-refractivity contribution in [1.82, 2.24) is 4.98 Å². The quantitative estimate of drug-likeness (QED) is 0.821. The fourth-order valence-electron chi connectivity index (χ4n) is 2.10. The van der Waals surface area contributed by atoms with Crippen LogP contribution in [0.15, 0.2) is 36.4 Å². The van der Waals surface area contributed by atoms with Crippen LogP contribution in [0.25, 0.3) is 0 Å². The Morgan fingerprint density at radius 1 is 1.17 bits per heavy atom. The smallest absolute Gasteiger partial charge is 0.131 e. The monoisotopic (exact) mass is 260 g/mol. The van der Waals surface area contributed by atoms with Crippen molar-refractivity contribution in [2.24, 2.45) is 0 Å². The molecule has 0 bridgehead atoms. The number of halogens is 1. The van der Waals surface area contributed by atoms with Crippen molar-refractivity contribution in [3.8, 4) is 0 Å². The van der Waals surface area contributed by atoms with E-state index >= 15 is 0 Å². The number of pyridine rings is 1. The molecule has 3 heteroatoms. The molecule has 1 aromatic heterocycles. The maximum Gasteiger partial charge on any atom is 0.131 e. The largest absolute Gasteiger partial charge is 0.363 e. The van der Waals surface area contributed by atoms with Gasteiger partial charge in [-0.1, -0.05) is 41.4 Å². The summed E-state index contributed by atoms with van der Waals surface area (Å²) in [5.41, 5.74) is 3.85. The second-order valence-corrected chi connectivity index (χ2v) is 4.96. The van der Waals surface area contributed by atoms with E-state index < -0.39 is 0 Å². The fraction of sp³-hybridized carbons (Fsp3) is 0.267. The first-order chi connectivity index (χ1) is 8.56. The fourth-order valence-corrected chi connectivity index (χ4v) is 2.26. The Labute approximate surface area is 113 Å². The first-order valence-electron chi connectivity index (χ1n) is 6.02. The van der Waals surface area contributed by atoms with Crippen molar-refractivity contribution in [3.05, 3.63) is 58.2 Å². The van der Waals surface area contributed by atoms with E-state index in [4.69, 9.17) is 11.6 Å². The highest BCUT2D eigenvalue weighted by Gasteiger charge is 2.08. The van der Waals surface area contributed by atoms with Crippen LogP contribution in [0, 0.1) is 13.8 Å². The topological polar surface area (TPSA) is 24.9 Å². The van der Waals surface area contributed by atoms with Crippen LogP contribution in [-0.2, 0) is 0 Å². The lowest BCUT2D eigenvalue weighted by Gasteiger charge is -2.17. The van der Waals surface area contributed by atoms with Gasteiger partial charge >= 0.3 is 0 Å². The van der Waals surface area contributed by atoms with Gasteiger partial charge in [0.25, 0.3) is 0 Å². The van der Waals surface area contributed by atoms with E-state index in [1.54, 1.807) is 6.07 Å². The van der Waals surface area contributed by atoms with Crippen LogP contribution in [0.4, 0.5) is 5.82 Å². The lowest BCUT2D eigenvalue weighted by molar-refractivity contribution is 0.864. The molecule has 1 unspecified atom stereocenters. The average molecular weight is 261 g/mol. The summed E-state index contributed by atoms with van der Waals surface area (Å²) in [5, 5.41) is 3.87. The van der Waals surface area contributed by atoms with E-state index in [1.807, 2.05) is 12.1 Å². The predicted molar refractivity (Wildman–Crippen MR) is 77.2 cm³/mol. The average Bonchev–Trinajstić information content (AvgIpc) is 2.28. The van der Waals surface area contributed by atoms with Gasteiger partial charge in [-0.25, -0.2) is 4.98 Å². The van der Waals surface area contributed by atoms with Gasteiger partial charge in [0, 0.05) is 0 Å². The summed E-state index contributed by atoms with van der Waals surface area (Å²) in [4.78, 5) is 4.24. The van der Waals surface area contributed by atoms with Gasteiger partial charge in [0.05, 0.1) is 6.04 Å². The summed E-state index contributed by atoms with van der Waals surface area (Å²) in [6.07, 6.45) is 0. The molecule has 0 aliphatic carbocycles. The van der Waals surface area contributed by atoms with Crippen molar-refractivity contribution < 1.29 is 0 Å². The normalized spacial score (nSPS) is 12.2. The molecule has 0 saturated carbocycles. The number of nitrogens with zero attached hydrogens (tertiary/aromatic N) is 1. The van der Waals surface area contributed by atoms with Gasteiger partial charge in [0.15, 0.2) is 0 Å². The minimum atomic E-state index is 0.205. The van der Waals surface area contributed by atoms with Crippen LogP contribution in [0.5, 0.6) is 0 Å². The van der Waals surface area contributed by atoms with Crippen LogP contribution >= 0.6 is 11.6 Å². The van der Waals surface area contributed by atoms with E-state index in [-0.39, 0.29) is 6.04 Å². The van der Waals surface area contributed by atoms with Crippen LogP contribution in [0.1, 0.15) is 29.7 Å². The lowest BCUT2D eigenvalue weighted by Crippen LogP contribution is -2.09. The van der Waals surface area contributed by atoms with Crippen molar-refractivity contribution >= 4 is 17.4 Å². The second kappa shape index (κ2) is 5.40. The highest BCUT2D eigenvalue weighted by Crippen LogP contribution is 2.22. The van der Waals surface area contributed by atoms with Crippen molar-refractivity contribution in [3.63, 3.8) is 0 Å². The van der Waals surface area contributed by atoms with Gasteiger partial charge < -0.3 is 5.32 Å². The summed E-state index contributed by atoms with van der Waals surface area (Å²) >= 11 is 5.88. The molecular weight excluding hydrogens is 244 g/mol. The zero-order chi connectivity index (χ0) is 13.1. The molecule has 2 rings (SSSR count). The number of aryl methyl sites for hydroxylation is 2. The molecule has 1 aromatic carbocycles. The maximum absolute atomic E-state index is 5.88. The molecule has 0 radical (unpaired) electrons. The van der Waals surface area contributed by atoms with Gasteiger partial charge in [-0.15, -0.1) is 0 Å². The summed E-state index contributed by atoms with van der Waals surface area (Å²) in [5.74, 6) is 0.801.